The molecule has 0 spiro atoms. The zero-order valence-electron chi connectivity index (χ0n) is 10.3. The first-order valence-electron chi connectivity index (χ1n) is 5.59. The molecular formula is C13H7BrClIN2O3. The van der Waals surface area contributed by atoms with Crippen molar-refractivity contribution in [1.82, 2.24) is 0 Å². The van der Waals surface area contributed by atoms with Gasteiger partial charge in [-0.1, -0.05) is 17.7 Å². The van der Waals surface area contributed by atoms with Gasteiger partial charge in [0.05, 0.1) is 21.2 Å². The van der Waals surface area contributed by atoms with Gasteiger partial charge in [0.1, 0.15) is 4.47 Å². The van der Waals surface area contributed by atoms with Crippen LogP contribution in [0.15, 0.2) is 40.9 Å². The van der Waals surface area contributed by atoms with Gasteiger partial charge in [-0.2, -0.15) is 0 Å². The number of nitro benzene ring substituents is 1. The molecule has 0 atom stereocenters. The number of amides is 1. The fourth-order valence-corrected chi connectivity index (χ4v) is 3.11. The first kappa shape index (κ1) is 16.2. The molecule has 1 N–H and O–H groups in total. The van der Waals surface area contributed by atoms with E-state index in [1.165, 1.54) is 18.2 Å². The Kier molecular flexibility index (Phi) is 5.17. The van der Waals surface area contributed by atoms with E-state index >= 15 is 0 Å². The maximum absolute atomic E-state index is 12.2. The Bertz CT molecular complexity index is 739. The van der Waals surface area contributed by atoms with E-state index in [1.54, 1.807) is 18.2 Å². The van der Waals surface area contributed by atoms with E-state index in [0.717, 1.165) is 3.57 Å². The number of hydrogen-bond acceptors (Lipinski definition) is 3. The molecule has 21 heavy (non-hydrogen) atoms. The highest BCUT2D eigenvalue weighted by atomic mass is 127. The Balaban J connectivity index is 2.33. The molecule has 0 saturated carbocycles. The van der Waals surface area contributed by atoms with Gasteiger partial charge >= 0.3 is 0 Å². The van der Waals surface area contributed by atoms with Crippen molar-refractivity contribution in [2.24, 2.45) is 0 Å². The van der Waals surface area contributed by atoms with Gasteiger partial charge in [0, 0.05) is 9.64 Å². The van der Waals surface area contributed by atoms with Gasteiger partial charge in [0.15, 0.2) is 0 Å². The predicted octanol–water partition coefficient (Wildman–Crippen LogP) is 4.87. The number of rotatable bonds is 3. The van der Waals surface area contributed by atoms with Gasteiger partial charge in [-0.15, -0.1) is 0 Å². The lowest BCUT2D eigenvalue weighted by atomic mass is 10.2. The molecule has 8 heteroatoms. The third-order valence-electron chi connectivity index (χ3n) is 2.60. The number of nitrogens with one attached hydrogen (secondary N) is 1. The molecule has 108 valence electrons. The van der Waals surface area contributed by atoms with Crippen LogP contribution in [0.3, 0.4) is 0 Å². The van der Waals surface area contributed by atoms with Crippen LogP contribution < -0.4 is 5.32 Å². The molecule has 5 nitrogen and oxygen atoms in total. The fraction of sp³-hybridized carbons (Fsp3) is 0. The van der Waals surface area contributed by atoms with Gasteiger partial charge in [-0.3, -0.25) is 14.9 Å². The van der Waals surface area contributed by atoms with Crippen molar-refractivity contribution in [3.8, 4) is 0 Å². The third-order valence-corrected chi connectivity index (χ3v) is 4.42. The third kappa shape index (κ3) is 3.72. The van der Waals surface area contributed by atoms with Gasteiger partial charge in [0.25, 0.3) is 11.6 Å². The smallest absolute Gasteiger partial charge is 0.284 e. The maximum atomic E-state index is 12.2. The van der Waals surface area contributed by atoms with Crippen LogP contribution in [0.25, 0.3) is 0 Å². The number of benzene rings is 2. The number of carbonyl (C=O) groups is 1. The molecule has 1 amide bonds. The van der Waals surface area contributed by atoms with Crippen LogP contribution in [-0.2, 0) is 0 Å². The average molecular weight is 481 g/mol. The Morgan fingerprint density at radius 3 is 2.67 bits per heavy atom. The van der Waals surface area contributed by atoms with E-state index < -0.39 is 10.8 Å². The first-order chi connectivity index (χ1) is 9.90. The summed E-state index contributed by atoms with van der Waals surface area (Å²) >= 11 is 11.2. The molecule has 0 aliphatic heterocycles. The fourth-order valence-electron chi connectivity index (χ4n) is 1.62. The van der Waals surface area contributed by atoms with E-state index in [2.05, 4.69) is 43.8 Å². The zero-order chi connectivity index (χ0) is 15.6. The highest BCUT2D eigenvalue weighted by Crippen LogP contribution is 2.30. The second-order valence-corrected chi connectivity index (χ2v) is 6.42. The molecule has 2 aromatic carbocycles. The molecule has 0 unspecified atom stereocenters. The summed E-state index contributed by atoms with van der Waals surface area (Å²) in [5.41, 5.74) is 0.440. The topological polar surface area (TPSA) is 72.2 Å². The summed E-state index contributed by atoms with van der Waals surface area (Å²) in [5.74, 6) is -0.478. The lowest BCUT2D eigenvalue weighted by Gasteiger charge is -2.09. The summed E-state index contributed by atoms with van der Waals surface area (Å²) in [6, 6.07) is 9.44. The Hall–Kier alpha value is -1.19. The Morgan fingerprint density at radius 1 is 1.33 bits per heavy atom. The number of nitrogens with zero attached hydrogens (tertiary/aromatic N) is 1. The van der Waals surface area contributed by atoms with Crippen molar-refractivity contribution < 1.29 is 9.72 Å². The summed E-state index contributed by atoms with van der Waals surface area (Å²) in [6.07, 6.45) is 0. The molecule has 0 fully saturated rings. The Morgan fingerprint density at radius 2 is 2.05 bits per heavy atom. The summed E-state index contributed by atoms with van der Waals surface area (Å²) in [6.45, 7) is 0. The summed E-state index contributed by atoms with van der Waals surface area (Å²) in [5, 5.41) is 13.9. The first-order valence-corrected chi connectivity index (χ1v) is 7.84. The van der Waals surface area contributed by atoms with E-state index in [0.29, 0.717) is 10.7 Å². The van der Waals surface area contributed by atoms with Crippen molar-refractivity contribution in [1.29, 1.82) is 0 Å². The molecule has 0 heterocycles. The summed E-state index contributed by atoms with van der Waals surface area (Å²) < 4.78 is 1.07. The monoisotopic (exact) mass is 480 g/mol. The van der Waals surface area contributed by atoms with Crippen LogP contribution in [0, 0.1) is 13.7 Å². The normalized spacial score (nSPS) is 10.2. The van der Waals surface area contributed by atoms with Crippen LogP contribution in [0.5, 0.6) is 0 Å². The predicted molar refractivity (Wildman–Crippen MR) is 92.9 cm³/mol. The number of nitro groups is 1. The van der Waals surface area contributed by atoms with Crippen LogP contribution >= 0.6 is 50.1 Å². The van der Waals surface area contributed by atoms with Crippen molar-refractivity contribution >= 4 is 67.4 Å². The molecule has 0 aliphatic rings. The minimum absolute atomic E-state index is 0.133. The number of halogens is 3. The van der Waals surface area contributed by atoms with Gasteiger partial charge in [0.2, 0.25) is 0 Å². The summed E-state index contributed by atoms with van der Waals surface area (Å²) in [4.78, 5) is 22.5. The second kappa shape index (κ2) is 6.71. The van der Waals surface area contributed by atoms with Crippen molar-refractivity contribution in [3.63, 3.8) is 0 Å². The quantitative estimate of drug-likeness (QED) is 0.386. The molecular weight excluding hydrogens is 474 g/mol. The highest BCUT2D eigenvalue weighted by molar-refractivity contribution is 14.1. The largest absolute Gasteiger partial charge is 0.321 e. The lowest BCUT2D eigenvalue weighted by Crippen LogP contribution is -2.13. The summed E-state index contributed by atoms with van der Waals surface area (Å²) in [7, 11) is 0. The Labute approximate surface area is 147 Å². The van der Waals surface area contributed by atoms with Crippen LogP contribution in [-0.4, -0.2) is 10.8 Å². The lowest BCUT2D eigenvalue weighted by molar-refractivity contribution is -0.385. The maximum Gasteiger partial charge on any atom is 0.284 e. The minimum Gasteiger partial charge on any atom is -0.321 e. The SMILES string of the molecule is O=C(Nc1ccc(I)cc1Cl)c1cccc([N+](=O)[O-])c1Br. The van der Waals surface area contributed by atoms with Gasteiger partial charge in [-0.05, 0) is 62.8 Å². The second-order valence-electron chi connectivity index (χ2n) is 3.97. The van der Waals surface area contributed by atoms with Crippen LogP contribution in [0.4, 0.5) is 11.4 Å². The van der Waals surface area contributed by atoms with E-state index in [9.17, 15) is 14.9 Å². The number of hydrogen-bond donors (Lipinski definition) is 1. The minimum atomic E-state index is -0.557. The highest BCUT2D eigenvalue weighted by Gasteiger charge is 2.20. The van der Waals surface area contributed by atoms with Gasteiger partial charge in [-0.25, -0.2) is 0 Å². The van der Waals surface area contributed by atoms with Crippen molar-refractivity contribution in [3.05, 3.63) is 65.1 Å². The molecule has 0 aliphatic carbocycles. The van der Waals surface area contributed by atoms with E-state index in [-0.39, 0.29) is 15.7 Å². The zero-order valence-corrected chi connectivity index (χ0v) is 14.8. The average Bonchev–Trinajstić information content (AvgIpc) is 2.41. The van der Waals surface area contributed by atoms with Crippen molar-refractivity contribution in [2.75, 3.05) is 5.32 Å². The van der Waals surface area contributed by atoms with E-state index in [4.69, 9.17) is 11.6 Å². The molecule has 0 aromatic heterocycles. The van der Waals surface area contributed by atoms with Crippen molar-refractivity contribution in [2.45, 2.75) is 0 Å². The standard InChI is InChI=1S/C13H7BrClIN2O3/c14-12-8(2-1-3-11(12)18(20)21)13(19)17-10-5-4-7(16)6-9(10)15/h1-6H,(H,17,19). The van der Waals surface area contributed by atoms with Gasteiger partial charge < -0.3 is 5.32 Å². The van der Waals surface area contributed by atoms with Crippen LogP contribution in [0.1, 0.15) is 10.4 Å². The molecule has 0 radical (unpaired) electrons. The number of carbonyl (C=O) groups excluding carboxylic acids is 1. The molecule has 2 rings (SSSR count). The van der Waals surface area contributed by atoms with E-state index in [1.807, 2.05) is 0 Å². The number of anilines is 1. The molecule has 2 aromatic rings. The molecule has 0 bridgehead atoms. The molecule has 0 saturated heterocycles. The van der Waals surface area contributed by atoms with Crippen LogP contribution in [0.2, 0.25) is 5.02 Å².